The normalized spacial score (nSPS) is 14.5. The number of hydrogen-bond acceptors (Lipinski definition) is 4. The van der Waals surface area contributed by atoms with E-state index in [0.29, 0.717) is 18.5 Å². The number of amides is 2. The number of ether oxygens (including phenoxy) is 1. The minimum atomic E-state index is -0.125. The Bertz CT molecular complexity index is 1040. The van der Waals surface area contributed by atoms with Gasteiger partial charge in [-0.2, -0.15) is 0 Å². The van der Waals surface area contributed by atoms with E-state index >= 15 is 0 Å². The van der Waals surface area contributed by atoms with Crippen molar-refractivity contribution in [3.05, 3.63) is 66.1 Å². The van der Waals surface area contributed by atoms with Crippen LogP contribution >= 0.6 is 0 Å². The molecule has 1 aliphatic rings. The number of carbonyl (C=O) groups is 2. The molecule has 0 radical (unpaired) electrons. The Hall–Kier alpha value is -3.35. The number of likely N-dealkylation sites (tertiary alicyclic amines) is 1. The summed E-state index contributed by atoms with van der Waals surface area (Å²) in [5, 5.41) is 2.95. The number of benzene rings is 1. The van der Waals surface area contributed by atoms with Gasteiger partial charge in [-0.3, -0.25) is 9.59 Å². The number of piperidine rings is 1. The molecule has 7 heteroatoms. The van der Waals surface area contributed by atoms with Crippen LogP contribution in [0.4, 0.5) is 0 Å². The van der Waals surface area contributed by atoms with E-state index in [-0.39, 0.29) is 17.9 Å². The third kappa shape index (κ3) is 5.23. The van der Waals surface area contributed by atoms with Crippen molar-refractivity contribution in [3.63, 3.8) is 0 Å². The van der Waals surface area contributed by atoms with Gasteiger partial charge >= 0.3 is 0 Å². The first-order chi connectivity index (χ1) is 15.1. The average Bonchev–Trinajstić information content (AvgIpc) is 3.26. The molecule has 162 valence electrons. The monoisotopic (exact) mass is 420 g/mol. The van der Waals surface area contributed by atoms with Gasteiger partial charge in [0.25, 0.3) is 5.91 Å². The van der Waals surface area contributed by atoms with Gasteiger partial charge in [0.05, 0.1) is 0 Å². The van der Waals surface area contributed by atoms with Crippen LogP contribution in [0.3, 0.4) is 0 Å². The first-order valence-electron chi connectivity index (χ1n) is 10.9. The fourth-order valence-electron chi connectivity index (χ4n) is 3.83. The topological polar surface area (TPSA) is 75.9 Å². The molecule has 1 aliphatic heterocycles. The van der Waals surface area contributed by atoms with Gasteiger partial charge in [-0.15, -0.1) is 0 Å². The van der Waals surface area contributed by atoms with Crippen LogP contribution in [0.15, 0.2) is 55.0 Å². The van der Waals surface area contributed by atoms with Gasteiger partial charge in [0.2, 0.25) is 5.91 Å². The lowest BCUT2D eigenvalue weighted by Gasteiger charge is -2.32. The van der Waals surface area contributed by atoms with Crippen molar-refractivity contribution >= 4 is 17.5 Å². The average molecular weight is 421 g/mol. The van der Waals surface area contributed by atoms with E-state index in [1.54, 1.807) is 18.3 Å². The predicted molar refractivity (Wildman–Crippen MR) is 118 cm³/mol. The van der Waals surface area contributed by atoms with E-state index in [2.05, 4.69) is 10.3 Å². The second-order valence-electron chi connectivity index (χ2n) is 7.89. The second-order valence-corrected chi connectivity index (χ2v) is 7.89. The quantitative estimate of drug-likeness (QED) is 0.635. The highest BCUT2D eigenvalue weighted by molar-refractivity contribution is 5.94. The molecule has 1 fully saturated rings. The molecular formula is C24H28N4O3. The van der Waals surface area contributed by atoms with Crippen molar-refractivity contribution in [1.82, 2.24) is 19.6 Å². The van der Waals surface area contributed by atoms with Crippen molar-refractivity contribution in [3.8, 4) is 5.75 Å². The van der Waals surface area contributed by atoms with Crippen molar-refractivity contribution in [2.45, 2.75) is 45.3 Å². The Morgan fingerprint density at radius 1 is 1.13 bits per heavy atom. The van der Waals surface area contributed by atoms with E-state index in [9.17, 15) is 9.59 Å². The van der Waals surface area contributed by atoms with E-state index in [1.165, 1.54) is 0 Å². The zero-order chi connectivity index (χ0) is 21.6. The Kier molecular flexibility index (Phi) is 6.50. The van der Waals surface area contributed by atoms with Crippen LogP contribution in [0.1, 0.15) is 48.5 Å². The molecule has 0 atom stereocenters. The predicted octanol–water partition coefficient (Wildman–Crippen LogP) is 3.43. The van der Waals surface area contributed by atoms with Gasteiger partial charge in [-0.1, -0.05) is 13.0 Å². The number of fused-ring (bicyclic) bond motifs is 1. The molecule has 0 saturated carbocycles. The lowest BCUT2D eigenvalue weighted by atomic mass is 10.1. The molecule has 3 heterocycles. The largest absolute Gasteiger partial charge is 0.490 e. The fourth-order valence-corrected chi connectivity index (χ4v) is 3.83. The van der Waals surface area contributed by atoms with Crippen molar-refractivity contribution in [2.24, 2.45) is 0 Å². The molecule has 0 aliphatic carbocycles. The number of aromatic nitrogens is 2. The van der Waals surface area contributed by atoms with Crippen molar-refractivity contribution in [2.75, 3.05) is 13.1 Å². The van der Waals surface area contributed by atoms with Crippen LogP contribution in [-0.4, -0.2) is 45.3 Å². The van der Waals surface area contributed by atoms with E-state index in [0.717, 1.165) is 49.3 Å². The maximum atomic E-state index is 12.5. The molecule has 2 aromatic heterocycles. The molecule has 2 amide bonds. The molecule has 4 rings (SSSR count). The molecule has 0 bridgehead atoms. The molecule has 7 nitrogen and oxygen atoms in total. The van der Waals surface area contributed by atoms with Crippen molar-refractivity contribution < 1.29 is 14.3 Å². The zero-order valence-electron chi connectivity index (χ0n) is 17.8. The Balaban J connectivity index is 1.26. The number of hydrogen-bond donors (Lipinski definition) is 1. The summed E-state index contributed by atoms with van der Waals surface area (Å²) in [5.74, 6) is 0.863. The standard InChI is InChI=1S/C24H28N4O3/c1-2-3-23(29)27-13-10-21(11-14-27)31-20-7-5-19(6-8-20)24(30)26-16-18-4-9-22-25-12-15-28(22)17-18/h4-9,12,15,17,21H,2-3,10-11,13-14,16H2,1H3,(H,26,30). The Morgan fingerprint density at radius 3 is 2.65 bits per heavy atom. The van der Waals surface area contributed by atoms with Crippen molar-refractivity contribution in [1.29, 1.82) is 0 Å². The third-order valence-corrected chi connectivity index (χ3v) is 5.58. The highest BCUT2D eigenvalue weighted by Crippen LogP contribution is 2.20. The number of nitrogens with one attached hydrogen (secondary N) is 1. The second kappa shape index (κ2) is 9.64. The summed E-state index contributed by atoms with van der Waals surface area (Å²) in [5.41, 5.74) is 2.47. The van der Waals surface area contributed by atoms with E-state index in [1.807, 2.05) is 52.9 Å². The van der Waals surface area contributed by atoms with Gasteiger partial charge in [0, 0.05) is 63.1 Å². The minimum Gasteiger partial charge on any atom is -0.490 e. The summed E-state index contributed by atoms with van der Waals surface area (Å²) in [4.78, 5) is 30.6. The molecule has 1 saturated heterocycles. The van der Waals surface area contributed by atoms with Crippen LogP contribution in [0, 0.1) is 0 Å². The lowest BCUT2D eigenvalue weighted by molar-refractivity contribution is -0.133. The molecule has 3 aromatic rings. The van der Waals surface area contributed by atoms with Crippen LogP contribution in [0.5, 0.6) is 5.75 Å². The molecular weight excluding hydrogens is 392 g/mol. The van der Waals surface area contributed by atoms with Gasteiger partial charge < -0.3 is 19.4 Å². The number of carbonyl (C=O) groups excluding carboxylic acids is 2. The third-order valence-electron chi connectivity index (χ3n) is 5.58. The Labute approximate surface area is 182 Å². The maximum Gasteiger partial charge on any atom is 0.251 e. The molecule has 0 unspecified atom stereocenters. The van der Waals surface area contributed by atoms with Gasteiger partial charge in [-0.25, -0.2) is 4.98 Å². The lowest BCUT2D eigenvalue weighted by Crippen LogP contribution is -2.41. The number of rotatable bonds is 7. The first-order valence-corrected chi connectivity index (χ1v) is 10.9. The van der Waals surface area contributed by atoms with Crippen LogP contribution in [0.2, 0.25) is 0 Å². The summed E-state index contributed by atoms with van der Waals surface area (Å²) in [6.45, 7) is 3.96. The van der Waals surface area contributed by atoms with Gasteiger partial charge in [-0.05, 0) is 42.3 Å². The van der Waals surface area contributed by atoms with Crippen LogP contribution in [0.25, 0.3) is 5.65 Å². The molecule has 0 spiro atoms. The molecule has 1 N–H and O–H groups in total. The maximum absolute atomic E-state index is 12.5. The Morgan fingerprint density at radius 2 is 1.90 bits per heavy atom. The van der Waals surface area contributed by atoms with E-state index in [4.69, 9.17) is 4.74 Å². The number of pyridine rings is 1. The summed E-state index contributed by atoms with van der Waals surface area (Å²) in [7, 11) is 0. The number of imidazole rings is 1. The first kappa shape index (κ1) is 20.9. The fraction of sp³-hybridized carbons (Fsp3) is 0.375. The SMILES string of the molecule is CCCC(=O)N1CCC(Oc2ccc(C(=O)NCc3ccc4nccn4c3)cc2)CC1. The molecule has 1 aromatic carbocycles. The summed E-state index contributed by atoms with van der Waals surface area (Å²) in [6.07, 6.45) is 8.85. The van der Waals surface area contributed by atoms with Gasteiger partial charge in [0.1, 0.15) is 17.5 Å². The van der Waals surface area contributed by atoms with Gasteiger partial charge in [0.15, 0.2) is 0 Å². The summed E-state index contributed by atoms with van der Waals surface area (Å²) >= 11 is 0. The molecule has 31 heavy (non-hydrogen) atoms. The summed E-state index contributed by atoms with van der Waals surface area (Å²) < 4.78 is 7.99. The zero-order valence-corrected chi connectivity index (χ0v) is 17.8. The van der Waals surface area contributed by atoms with Crippen LogP contribution < -0.4 is 10.1 Å². The highest BCUT2D eigenvalue weighted by atomic mass is 16.5. The minimum absolute atomic E-state index is 0.100. The van der Waals surface area contributed by atoms with Crippen LogP contribution in [-0.2, 0) is 11.3 Å². The summed E-state index contributed by atoms with van der Waals surface area (Å²) in [6, 6.07) is 11.1. The van der Waals surface area contributed by atoms with E-state index < -0.39 is 0 Å². The smallest absolute Gasteiger partial charge is 0.251 e. The highest BCUT2D eigenvalue weighted by Gasteiger charge is 2.23. The number of nitrogens with zero attached hydrogens (tertiary/aromatic N) is 3.